The predicted octanol–water partition coefficient (Wildman–Crippen LogP) is 2.85. The van der Waals surface area contributed by atoms with Crippen molar-refractivity contribution < 1.29 is 14.1 Å². The minimum absolute atomic E-state index is 0.170. The van der Waals surface area contributed by atoms with Crippen molar-refractivity contribution in [1.82, 2.24) is 15.0 Å². The second-order valence-electron chi connectivity index (χ2n) is 8.17. The molecule has 8 heteroatoms. The Kier molecular flexibility index (Phi) is 5.77. The molecule has 2 aromatic carbocycles. The Balaban J connectivity index is 1.18. The van der Waals surface area contributed by atoms with Crippen LogP contribution >= 0.6 is 0 Å². The molecule has 166 valence electrons. The molecule has 2 aliphatic heterocycles. The van der Waals surface area contributed by atoms with Gasteiger partial charge in [0.25, 0.3) is 0 Å². The summed E-state index contributed by atoms with van der Waals surface area (Å²) in [6.07, 6.45) is 2.06. The summed E-state index contributed by atoms with van der Waals surface area (Å²) in [6, 6.07) is 16.3. The van der Waals surface area contributed by atoms with Gasteiger partial charge < -0.3 is 19.1 Å². The van der Waals surface area contributed by atoms with Crippen molar-refractivity contribution in [2.45, 2.75) is 12.8 Å². The minimum Gasteiger partial charge on any atom is -0.497 e. The van der Waals surface area contributed by atoms with Crippen LogP contribution in [0.25, 0.3) is 11.4 Å². The molecule has 1 saturated heterocycles. The fourth-order valence-electron chi connectivity index (χ4n) is 4.39. The fraction of sp³-hybridized carbons (Fsp3) is 0.375. The second kappa shape index (κ2) is 9.00. The third-order valence-electron chi connectivity index (χ3n) is 6.16. The predicted molar refractivity (Wildman–Crippen MR) is 122 cm³/mol. The lowest BCUT2D eigenvalue weighted by atomic mass is 10.0. The Morgan fingerprint density at radius 2 is 1.91 bits per heavy atom. The molecule has 0 N–H and O–H groups in total. The highest BCUT2D eigenvalue weighted by Gasteiger charge is 2.27. The standard InChI is InChI=1S/C24H27N5O3/c1-31-20-9-4-7-19(16-20)23-25-24(32-26-23)28-14-12-27(13-15-28)17-22(30)29-11-5-8-18-6-2-3-10-21(18)29/h2-4,6-7,9-10,16H,5,8,11-15,17H2,1H3. The van der Waals surface area contributed by atoms with Crippen LogP contribution in [-0.2, 0) is 11.2 Å². The van der Waals surface area contributed by atoms with Gasteiger partial charge in [-0.25, -0.2) is 0 Å². The number of hydrogen-bond acceptors (Lipinski definition) is 7. The number of aryl methyl sites for hydroxylation is 1. The highest BCUT2D eigenvalue weighted by molar-refractivity contribution is 5.96. The zero-order valence-electron chi connectivity index (χ0n) is 18.2. The van der Waals surface area contributed by atoms with E-state index in [9.17, 15) is 4.79 Å². The molecule has 0 aliphatic carbocycles. The maximum atomic E-state index is 13.0. The third-order valence-corrected chi connectivity index (χ3v) is 6.16. The first-order valence-corrected chi connectivity index (χ1v) is 11.0. The SMILES string of the molecule is COc1cccc(-c2noc(N3CCN(CC(=O)N4CCCc5ccccc54)CC3)n2)c1. The van der Waals surface area contributed by atoms with Crippen LogP contribution in [-0.4, -0.2) is 67.3 Å². The summed E-state index contributed by atoms with van der Waals surface area (Å²) in [6.45, 7) is 4.26. The molecule has 0 saturated carbocycles. The summed E-state index contributed by atoms with van der Waals surface area (Å²) in [5, 5.41) is 4.13. The molecule has 1 fully saturated rings. The average Bonchev–Trinajstić information content (AvgIpc) is 3.34. The van der Waals surface area contributed by atoms with Crippen molar-refractivity contribution in [2.75, 3.05) is 56.2 Å². The van der Waals surface area contributed by atoms with Crippen LogP contribution in [0.1, 0.15) is 12.0 Å². The van der Waals surface area contributed by atoms with Gasteiger partial charge in [-0.3, -0.25) is 9.69 Å². The summed E-state index contributed by atoms with van der Waals surface area (Å²) >= 11 is 0. The highest BCUT2D eigenvalue weighted by atomic mass is 16.5. The Bertz CT molecular complexity index is 1090. The van der Waals surface area contributed by atoms with Crippen LogP contribution in [0.3, 0.4) is 0 Å². The van der Waals surface area contributed by atoms with Crippen molar-refractivity contribution in [2.24, 2.45) is 0 Å². The van der Waals surface area contributed by atoms with Gasteiger partial charge in [0, 0.05) is 44.0 Å². The van der Waals surface area contributed by atoms with Crippen molar-refractivity contribution in [3.8, 4) is 17.1 Å². The number of hydrogen-bond donors (Lipinski definition) is 0. The number of benzene rings is 2. The molecule has 0 spiro atoms. The smallest absolute Gasteiger partial charge is 0.324 e. The topological polar surface area (TPSA) is 74.9 Å². The van der Waals surface area contributed by atoms with Crippen LogP contribution in [0.5, 0.6) is 5.75 Å². The lowest BCUT2D eigenvalue weighted by Gasteiger charge is -2.35. The molecule has 3 heterocycles. The monoisotopic (exact) mass is 433 g/mol. The number of ether oxygens (including phenoxy) is 1. The molecule has 8 nitrogen and oxygen atoms in total. The van der Waals surface area contributed by atoms with Gasteiger partial charge in [-0.2, -0.15) is 4.98 Å². The van der Waals surface area contributed by atoms with E-state index >= 15 is 0 Å². The molecule has 0 bridgehead atoms. The molecule has 5 rings (SSSR count). The van der Waals surface area contributed by atoms with Gasteiger partial charge in [0.15, 0.2) is 0 Å². The largest absolute Gasteiger partial charge is 0.497 e. The normalized spacial score (nSPS) is 16.7. The number of anilines is 2. The summed E-state index contributed by atoms with van der Waals surface area (Å²) in [5.74, 6) is 1.47. The molecule has 0 atom stereocenters. The van der Waals surface area contributed by atoms with Crippen LogP contribution in [0.4, 0.5) is 11.7 Å². The number of carbonyl (C=O) groups excluding carboxylic acids is 1. The quantitative estimate of drug-likeness (QED) is 0.612. The first-order chi connectivity index (χ1) is 15.7. The Morgan fingerprint density at radius 1 is 1.06 bits per heavy atom. The average molecular weight is 434 g/mol. The fourth-order valence-corrected chi connectivity index (χ4v) is 4.39. The van der Waals surface area contributed by atoms with E-state index in [2.05, 4.69) is 32.1 Å². The molecular weight excluding hydrogens is 406 g/mol. The number of fused-ring (bicyclic) bond motifs is 1. The number of para-hydroxylation sites is 1. The van der Waals surface area contributed by atoms with Crippen molar-refractivity contribution >= 4 is 17.6 Å². The lowest BCUT2D eigenvalue weighted by Crippen LogP contribution is -2.50. The van der Waals surface area contributed by atoms with Crippen LogP contribution < -0.4 is 14.5 Å². The van der Waals surface area contributed by atoms with Gasteiger partial charge in [0.05, 0.1) is 13.7 Å². The number of rotatable bonds is 5. The summed E-state index contributed by atoms with van der Waals surface area (Å²) in [5.41, 5.74) is 3.18. The van der Waals surface area contributed by atoms with Gasteiger partial charge in [0.1, 0.15) is 5.75 Å². The van der Waals surface area contributed by atoms with E-state index in [-0.39, 0.29) is 5.91 Å². The molecule has 3 aromatic rings. The first kappa shape index (κ1) is 20.5. The number of amides is 1. The highest BCUT2D eigenvalue weighted by Crippen LogP contribution is 2.27. The summed E-state index contributed by atoms with van der Waals surface area (Å²) in [7, 11) is 1.63. The maximum Gasteiger partial charge on any atom is 0.324 e. The zero-order chi connectivity index (χ0) is 21.9. The summed E-state index contributed by atoms with van der Waals surface area (Å²) < 4.78 is 10.8. The zero-order valence-corrected chi connectivity index (χ0v) is 18.2. The Labute approximate surface area is 187 Å². The molecule has 1 aromatic heterocycles. The number of piperazine rings is 1. The number of aromatic nitrogens is 2. The molecule has 1 amide bonds. The van der Waals surface area contributed by atoms with Crippen LogP contribution in [0.2, 0.25) is 0 Å². The Hall–Kier alpha value is -3.39. The van der Waals surface area contributed by atoms with Gasteiger partial charge in [-0.15, -0.1) is 0 Å². The van der Waals surface area contributed by atoms with Crippen molar-refractivity contribution in [3.05, 3.63) is 54.1 Å². The van der Waals surface area contributed by atoms with E-state index in [1.807, 2.05) is 41.3 Å². The number of nitrogens with zero attached hydrogens (tertiary/aromatic N) is 5. The minimum atomic E-state index is 0.170. The van der Waals surface area contributed by atoms with Crippen molar-refractivity contribution in [3.63, 3.8) is 0 Å². The van der Waals surface area contributed by atoms with Gasteiger partial charge >= 0.3 is 6.01 Å². The third kappa shape index (κ3) is 4.18. The van der Waals surface area contributed by atoms with Crippen molar-refractivity contribution in [1.29, 1.82) is 0 Å². The van der Waals surface area contributed by atoms with Gasteiger partial charge in [0.2, 0.25) is 11.7 Å². The number of methoxy groups -OCH3 is 1. The molecule has 32 heavy (non-hydrogen) atoms. The van der Waals surface area contributed by atoms with E-state index < -0.39 is 0 Å². The maximum absolute atomic E-state index is 13.0. The van der Waals surface area contributed by atoms with E-state index in [1.165, 1.54) is 5.56 Å². The molecular formula is C24H27N5O3. The molecule has 2 aliphatic rings. The number of carbonyl (C=O) groups is 1. The first-order valence-electron chi connectivity index (χ1n) is 11.0. The van der Waals surface area contributed by atoms with Gasteiger partial charge in [-0.05, 0) is 36.6 Å². The lowest BCUT2D eigenvalue weighted by molar-refractivity contribution is -0.119. The van der Waals surface area contributed by atoms with Crippen LogP contribution in [0.15, 0.2) is 53.1 Å². The summed E-state index contributed by atoms with van der Waals surface area (Å²) in [4.78, 5) is 23.8. The molecule has 0 radical (unpaired) electrons. The van der Waals surface area contributed by atoms with E-state index in [0.717, 1.165) is 62.6 Å². The van der Waals surface area contributed by atoms with E-state index in [1.54, 1.807) is 7.11 Å². The Morgan fingerprint density at radius 3 is 2.75 bits per heavy atom. The van der Waals surface area contributed by atoms with E-state index in [4.69, 9.17) is 9.26 Å². The molecule has 0 unspecified atom stereocenters. The van der Waals surface area contributed by atoms with E-state index in [0.29, 0.717) is 18.4 Å². The van der Waals surface area contributed by atoms with Gasteiger partial charge in [-0.1, -0.05) is 35.5 Å². The van der Waals surface area contributed by atoms with Crippen LogP contribution in [0, 0.1) is 0 Å². The second-order valence-corrected chi connectivity index (χ2v) is 8.17.